The summed E-state index contributed by atoms with van der Waals surface area (Å²) < 4.78 is 30.1. The van der Waals surface area contributed by atoms with E-state index in [1.807, 2.05) is 6.07 Å². The Kier molecular flexibility index (Phi) is 4.92. The van der Waals surface area contributed by atoms with E-state index >= 15 is 0 Å². The highest BCUT2D eigenvalue weighted by Gasteiger charge is 2.38. The van der Waals surface area contributed by atoms with Crippen molar-refractivity contribution in [3.05, 3.63) is 23.9 Å². The number of amides is 1. The second-order valence-electron chi connectivity index (χ2n) is 6.41. The molecule has 0 spiro atoms. The van der Waals surface area contributed by atoms with Gasteiger partial charge in [0.1, 0.15) is 6.10 Å². The number of sulfonamides is 1. The van der Waals surface area contributed by atoms with Crippen molar-refractivity contribution in [3.8, 4) is 11.9 Å². The normalized spacial score (nSPS) is 19.9. The average molecular weight is 364 g/mol. The molecular weight excluding hydrogens is 344 g/mol. The van der Waals surface area contributed by atoms with Gasteiger partial charge >= 0.3 is 0 Å². The number of hydrogen-bond donors (Lipinski definition) is 0. The summed E-state index contributed by atoms with van der Waals surface area (Å²) in [6.07, 6.45) is 3.70. The largest absolute Gasteiger partial charge is 0.471 e. The van der Waals surface area contributed by atoms with Crippen LogP contribution in [0.3, 0.4) is 0 Å². The van der Waals surface area contributed by atoms with E-state index in [-0.39, 0.29) is 17.9 Å². The van der Waals surface area contributed by atoms with Crippen molar-refractivity contribution >= 4 is 15.9 Å². The standard InChI is InChI=1S/C16H20N4O4S/c1-25(22,23)20-6-3-13(4-7-20)16(21)19-10-14(11-19)24-15-8-12(9-17)2-5-18-15/h2,5,8,13-14H,3-4,6-7,10-11H2,1H3. The van der Waals surface area contributed by atoms with Crippen molar-refractivity contribution in [1.29, 1.82) is 5.26 Å². The third-order valence-corrected chi connectivity index (χ3v) is 5.89. The summed E-state index contributed by atoms with van der Waals surface area (Å²) in [5, 5.41) is 8.87. The van der Waals surface area contributed by atoms with Gasteiger partial charge in [-0.2, -0.15) is 5.26 Å². The van der Waals surface area contributed by atoms with Gasteiger partial charge in [-0.15, -0.1) is 0 Å². The van der Waals surface area contributed by atoms with Crippen molar-refractivity contribution in [3.63, 3.8) is 0 Å². The maximum Gasteiger partial charge on any atom is 0.226 e. The van der Waals surface area contributed by atoms with E-state index in [0.717, 1.165) is 0 Å². The highest BCUT2D eigenvalue weighted by Crippen LogP contribution is 2.25. The number of carbonyl (C=O) groups excluding carboxylic acids is 1. The molecule has 0 aromatic carbocycles. The predicted molar refractivity (Wildman–Crippen MR) is 89.1 cm³/mol. The molecule has 9 heteroatoms. The maximum absolute atomic E-state index is 12.5. The first-order valence-electron chi connectivity index (χ1n) is 8.13. The lowest BCUT2D eigenvalue weighted by molar-refractivity contribution is -0.145. The minimum Gasteiger partial charge on any atom is -0.471 e. The molecule has 0 saturated carbocycles. The topological polar surface area (TPSA) is 104 Å². The number of likely N-dealkylation sites (tertiary alicyclic amines) is 1. The first kappa shape index (κ1) is 17.6. The fourth-order valence-electron chi connectivity index (χ4n) is 3.10. The van der Waals surface area contributed by atoms with Crippen molar-refractivity contribution in [1.82, 2.24) is 14.2 Å². The monoisotopic (exact) mass is 364 g/mol. The SMILES string of the molecule is CS(=O)(=O)N1CCC(C(=O)N2CC(Oc3cc(C#N)ccn3)C2)CC1. The number of piperidine rings is 1. The van der Waals surface area contributed by atoms with Crippen LogP contribution in [0.5, 0.6) is 5.88 Å². The van der Waals surface area contributed by atoms with Crippen LogP contribution in [0, 0.1) is 17.2 Å². The van der Waals surface area contributed by atoms with Crippen LogP contribution in [0.25, 0.3) is 0 Å². The number of nitriles is 1. The Morgan fingerprint density at radius 1 is 1.36 bits per heavy atom. The lowest BCUT2D eigenvalue weighted by Crippen LogP contribution is -2.58. The summed E-state index contributed by atoms with van der Waals surface area (Å²) in [4.78, 5) is 18.3. The smallest absolute Gasteiger partial charge is 0.226 e. The molecular formula is C16H20N4O4S. The third-order valence-electron chi connectivity index (χ3n) is 4.58. The second-order valence-corrected chi connectivity index (χ2v) is 8.40. The van der Waals surface area contributed by atoms with Gasteiger partial charge in [0.15, 0.2) is 0 Å². The highest BCUT2D eigenvalue weighted by molar-refractivity contribution is 7.88. The Hall–Kier alpha value is -2.18. The number of aromatic nitrogens is 1. The number of rotatable bonds is 4. The van der Waals surface area contributed by atoms with Gasteiger partial charge in [0.2, 0.25) is 21.8 Å². The number of carbonyl (C=O) groups is 1. The van der Waals surface area contributed by atoms with E-state index in [1.54, 1.807) is 17.0 Å². The quantitative estimate of drug-likeness (QED) is 0.757. The minimum absolute atomic E-state index is 0.0618. The number of hydrogen-bond acceptors (Lipinski definition) is 6. The zero-order valence-corrected chi connectivity index (χ0v) is 14.8. The van der Waals surface area contributed by atoms with E-state index in [4.69, 9.17) is 10.00 Å². The summed E-state index contributed by atoms with van der Waals surface area (Å²) in [5.74, 6) is 0.323. The van der Waals surface area contributed by atoms with Crippen LogP contribution in [0.15, 0.2) is 18.3 Å². The van der Waals surface area contributed by atoms with Crippen LogP contribution >= 0.6 is 0 Å². The summed E-state index contributed by atoms with van der Waals surface area (Å²) in [7, 11) is -3.18. The number of pyridine rings is 1. The zero-order valence-electron chi connectivity index (χ0n) is 14.0. The zero-order chi connectivity index (χ0) is 18.0. The molecule has 134 valence electrons. The number of ether oxygens (including phenoxy) is 1. The summed E-state index contributed by atoms with van der Waals surface area (Å²) in [6, 6.07) is 5.21. The molecule has 0 bridgehead atoms. The fraction of sp³-hybridized carbons (Fsp3) is 0.562. The van der Waals surface area contributed by atoms with Gasteiger partial charge < -0.3 is 9.64 Å². The molecule has 0 aliphatic carbocycles. The Morgan fingerprint density at radius 2 is 2.04 bits per heavy atom. The van der Waals surface area contributed by atoms with Crippen LogP contribution < -0.4 is 4.74 Å². The van der Waals surface area contributed by atoms with Crippen LogP contribution in [0.4, 0.5) is 0 Å². The molecule has 0 radical (unpaired) electrons. The van der Waals surface area contributed by atoms with E-state index in [2.05, 4.69) is 4.98 Å². The molecule has 1 amide bonds. The summed E-state index contributed by atoms with van der Waals surface area (Å²) in [6.45, 7) is 1.77. The minimum atomic E-state index is -3.18. The Morgan fingerprint density at radius 3 is 2.64 bits per heavy atom. The van der Waals surface area contributed by atoms with Crippen molar-refractivity contribution < 1.29 is 17.9 Å². The van der Waals surface area contributed by atoms with Crippen LogP contribution in [0.1, 0.15) is 18.4 Å². The van der Waals surface area contributed by atoms with E-state index in [0.29, 0.717) is 50.5 Å². The molecule has 1 aromatic heterocycles. The maximum atomic E-state index is 12.5. The summed E-state index contributed by atoms with van der Waals surface area (Å²) in [5.41, 5.74) is 0.481. The molecule has 0 atom stereocenters. The van der Waals surface area contributed by atoms with Crippen molar-refractivity contribution in [2.45, 2.75) is 18.9 Å². The van der Waals surface area contributed by atoms with Crippen LogP contribution in [-0.2, 0) is 14.8 Å². The molecule has 2 aliphatic heterocycles. The molecule has 2 saturated heterocycles. The molecule has 3 heterocycles. The van der Waals surface area contributed by atoms with E-state index < -0.39 is 10.0 Å². The van der Waals surface area contributed by atoms with Gasteiger partial charge in [-0.05, 0) is 18.9 Å². The van der Waals surface area contributed by atoms with Gasteiger partial charge in [0, 0.05) is 31.3 Å². The van der Waals surface area contributed by atoms with Gasteiger partial charge in [-0.3, -0.25) is 4.79 Å². The molecule has 2 fully saturated rings. The Labute approximate surface area is 147 Å². The van der Waals surface area contributed by atoms with Gasteiger partial charge in [-0.1, -0.05) is 0 Å². The predicted octanol–water partition coefficient (Wildman–Crippen LogP) is 0.214. The molecule has 8 nitrogen and oxygen atoms in total. The van der Waals surface area contributed by atoms with Crippen LogP contribution in [-0.4, -0.2) is 67.1 Å². The van der Waals surface area contributed by atoms with Gasteiger partial charge in [-0.25, -0.2) is 17.7 Å². The molecule has 25 heavy (non-hydrogen) atoms. The van der Waals surface area contributed by atoms with E-state index in [9.17, 15) is 13.2 Å². The Balaban J connectivity index is 1.46. The first-order valence-corrected chi connectivity index (χ1v) is 9.98. The van der Waals surface area contributed by atoms with Crippen molar-refractivity contribution in [2.75, 3.05) is 32.4 Å². The fourth-order valence-corrected chi connectivity index (χ4v) is 3.97. The first-order chi connectivity index (χ1) is 11.9. The van der Waals surface area contributed by atoms with Gasteiger partial charge in [0.25, 0.3) is 0 Å². The van der Waals surface area contributed by atoms with Crippen LogP contribution in [0.2, 0.25) is 0 Å². The van der Waals surface area contributed by atoms with E-state index in [1.165, 1.54) is 16.8 Å². The molecule has 0 N–H and O–H groups in total. The summed E-state index contributed by atoms with van der Waals surface area (Å²) >= 11 is 0. The molecule has 1 aromatic rings. The molecule has 2 aliphatic rings. The third kappa shape index (κ3) is 4.08. The second kappa shape index (κ2) is 6.98. The van der Waals surface area contributed by atoms with Gasteiger partial charge in [0.05, 0.1) is 31.0 Å². The average Bonchev–Trinajstić information content (AvgIpc) is 2.56. The lowest BCUT2D eigenvalue weighted by atomic mass is 9.95. The molecule has 3 rings (SSSR count). The lowest BCUT2D eigenvalue weighted by Gasteiger charge is -2.41. The van der Waals surface area contributed by atoms with Crippen molar-refractivity contribution in [2.24, 2.45) is 5.92 Å². The number of nitrogens with zero attached hydrogens (tertiary/aromatic N) is 4. The Bertz CT molecular complexity index is 791. The molecule has 0 unspecified atom stereocenters. The highest BCUT2D eigenvalue weighted by atomic mass is 32.2.